The summed E-state index contributed by atoms with van der Waals surface area (Å²) >= 11 is 0. The molecule has 4 rings (SSSR count). The fraction of sp³-hybridized carbons (Fsp3) is 0.389. The van der Waals surface area contributed by atoms with E-state index in [-0.39, 0.29) is 23.9 Å². The number of hydrogen-bond donors (Lipinski definition) is 2. The van der Waals surface area contributed by atoms with Gasteiger partial charge in [-0.05, 0) is 37.0 Å². The molecule has 2 amide bonds. The van der Waals surface area contributed by atoms with Crippen molar-refractivity contribution in [1.29, 1.82) is 0 Å². The van der Waals surface area contributed by atoms with Gasteiger partial charge < -0.3 is 10.2 Å². The summed E-state index contributed by atoms with van der Waals surface area (Å²) in [6, 6.07) is 10.1. The zero-order chi connectivity index (χ0) is 16.7. The van der Waals surface area contributed by atoms with Crippen molar-refractivity contribution in [3.63, 3.8) is 0 Å². The van der Waals surface area contributed by atoms with Crippen molar-refractivity contribution >= 4 is 11.8 Å². The van der Waals surface area contributed by atoms with Gasteiger partial charge >= 0.3 is 0 Å². The van der Waals surface area contributed by atoms with Crippen LogP contribution >= 0.6 is 0 Å². The molecule has 1 fully saturated rings. The second kappa shape index (κ2) is 5.78. The van der Waals surface area contributed by atoms with Crippen LogP contribution < -0.4 is 5.32 Å². The van der Waals surface area contributed by atoms with Gasteiger partial charge in [0.2, 0.25) is 5.91 Å². The smallest absolute Gasteiger partial charge is 0.272 e. The van der Waals surface area contributed by atoms with E-state index in [1.165, 1.54) is 11.1 Å². The highest BCUT2D eigenvalue weighted by molar-refractivity contribution is 5.93. The van der Waals surface area contributed by atoms with Gasteiger partial charge in [-0.15, -0.1) is 0 Å². The normalized spacial score (nSPS) is 20.5. The highest BCUT2D eigenvalue weighted by atomic mass is 16.2. The number of benzene rings is 1. The molecule has 0 spiro atoms. The number of aromatic nitrogens is 2. The molecule has 124 valence electrons. The Morgan fingerprint density at radius 3 is 2.58 bits per heavy atom. The van der Waals surface area contributed by atoms with E-state index in [4.69, 9.17) is 0 Å². The van der Waals surface area contributed by atoms with Gasteiger partial charge in [-0.25, -0.2) is 0 Å². The van der Waals surface area contributed by atoms with Crippen LogP contribution in [0.25, 0.3) is 0 Å². The first-order valence-electron chi connectivity index (χ1n) is 8.29. The zero-order valence-corrected chi connectivity index (χ0v) is 13.6. The highest BCUT2D eigenvalue weighted by Crippen LogP contribution is 2.28. The Balaban J connectivity index is 1.40. The van der Waals surface area contributed by atoms with Crippen LogP contribution in [0.2, 0.25) is 0 Å². The molecule has 1 saturated heterocycles. The van der Waals surface area contributed by atoms with Crippen molar-refractivity contribution in [2.45, 2.75) is 38.3 Å². The maximum Gasteiger partial charge on any atom is 0.272 e. The molecule has 2 N–H and O–H groups in total. The average Bonchev–Trinajstić information content (AvgIpc) is 3.25. The fourth-order valence-corrected chi connectivity index (χ4v) is 3.73. The lowest BCUT2D eigenvalue weighted by Gasteiger charge is -2.24. The predicted octanol–water partition coefficient (Wildman–Crippen LogP) is 1.22. The molecule has 2 heterocycles. The third-order valence-electron chi connectivity index (χ3n) is 4.90. The van der Waals surface area contributed by atoms with E-state index in [0.29, 0.717) is 18.7 Å². The first-order chi connectivity index (χ1) is 11.6. The first kappa shape index (κ1) is 14.9. The van der Waals surface area contributed by atoms with E-state index in [2.05, 4.69) is 27.6 Å². The van der Waals surface area contributed by atoms with Gasteiger partial charge in [0.25, 0.3) is 5.91 Å². The Hall–Kier alpha value is -2.63. The van der Waals surface area contributed by atoms with Crippen LogP contribution in [0, 0.1) is 6.92 Å². The number of fused-ring (bicyclic) bond motifs is 1. The summed E-state index contributed by atoms with van der Waals surface area (Å²) in [6.45, 7) is 2.43. The highest BCUT2D eigenvalue weighted by Gasteiger charge is 2.37. The SMILES string of the molecule is Cc1cc(C(=O)NC2CC(=O)N(C3Cc4ccccc4C3)C2)n[nH]1. The Bertz CT molecular complexity index is 773. The lowest BCUT2D eigenvalue weighted by Crippen LogP contribution is -2.41. The van der Waals surface area contributed by atoms with Gasteiger partial charge in [0, 0.05) is 24.7 Å². The molecular formula is C18H20N4O2. The lowest BCUT2D eigenvalue weighted by molar-refractivity contribution is -0.129. The minimum atomic E-state index is -0.228. The Morgan fingerprint density at radius 2 is 1.96 bits per heavy atom. The molecule has 1 aliphatic carbocycles. The molecule has 1 aromatic heterocycles. The van der Waals surface area contributed by atoms with Gasteiger partial charge in [0.1, 0.15) is 5.69 Å². The average molecular weight is 324 g/mol. The van der Waals surface area contributed by atoms with E-state index in [1.54, 1.807) is 6.07 Å². The molecule has 24 heavy (non-hydrogen) atoms. The van der Waals surface area contributed by atoms with E-state index >= 15 is 0 Å². The lowest BCUT2D eigenvalue weighted by atomic mass is 10.1. The number of nitrogens with zero attached hydrogens (tertiary/aromatic N) is 2. The Kier molecular flexibility index (Phi) is 3.59. The molecule has 2 aliphatic rings. The van der Waals surface area contributed by atoms with Gasteiger partial charge in [0.15, 0.2) is 0 Å². The van der Waals surface area contributed by atoms with Crippen LogP contribution in [0.4, 0.5) is 0 Å². The number of aryl methyl sites for hydroxylation is 1. The number of hydrogen-bond acceptors (Lipinski definition) is 3. The van der Waals surface area contributed by atoms with Crippen molar-refractivity contribution < 1.29 is 9.59 Å². The summed E-state index contributed by atoms with van der Waals surface area (Å²) in [5.41, 5.74) is 3.87. The number of aromatic amines is 1. The molecule has 6 heteroatoms. The molecular weight excluding hydrogens is 304 g/mol. The van der Waals surface area contributed by atoms with Crippen LogP contribution in [0.1, 0.15) is 33.7 Å². The van der Waals surface area contributed by atoms with Gasteiger partial charge in [-0.1, -0.05) is 24.3 Å². The summed E-state index contributed by atoms with van der Waals surface area (Å²) in [4.78, 5) is 26.5. The number of carbonyl (C=O) groups excluding carboxylic acids is 2. The third-order valence-corrected chi connectivity index (χ3v) is 4.90. The summed E-state index contributed by atoms with van der Waals surface area (Å²) in [7, 11) is 0. The van der Waals surface area contributed by atoms with Crippen LogP contribution in [0.3, 0.4) is 0 Å². The first-order valence-corrected chi connectivity index (χ1v) is 8.29. The second-order valence-electron chi connectivity index (χ2n) is 6.69. The number of rotatable bonds is 3. The molecule has 0 saturated carbocycles. The van der Waals surface area contributed by atoms with Crippen LogP contribution in [-0.2, 0) is 17.6 Å². The minimum Gasteiger partial charge on any atom is -0.346 e. The molecule has 1 aliphatic heterocycles. The largest absolute Gasteiger partial charge is 0.346 e. The standard InChI is InChI=1S/C18H20N4O2/c1-11-6-16(21-20-11)18(24)19-14-9-17(23)22(10-14)15-7-12-4-2-3-5-13(12)8-15/h2-6,14-15H,7-10H2,1H3,(H,19,24)(H,20,21). The molecule has 0 radical (unpaired) electrons. The van der Waals surface area contributed by atoms with E-state index in [9.17, 15) is 9.59 Å². The maximum absolute atomic E-state index is 12.4. The number of amides is 2. The van der Waals surface area contributed by atoms with Crippen LogP contribution in [0.15, 0.2) is 30.3 Å². The third kappa shape index (κ3) is 2.68. The second-order valence-corrected chi connectivity index (χ2v) is 6.69. The van der Waals surface area contributed by atoms with Crippen LogP contribution in [-0.4, -0.2) is 45.5 Å². The van der Waals surface area contributed by atoms with Crippen molar-refractivity contribution in [2.75, 3.05) is 6.54 Å². The molecule has 6 nitrogen and oxygen atoms in total. The number of nitrogens with one attached hydrogen (secondary N) is 2. The van der Waals surface area contributed by atoms with Crippen LogP contribution in [0.5, 0.6) is 0 Å². The molecule has 1 atom stereocenters. The fourth-order valence-electron chi connectivity index (χ4n) is 3.73. The topological polar surface area (TPSA) is 78.1 Å². The Labute approximate surface area is 140 Å². The van der Waals surface area contributed by atoms with Gasteiger partial charge in [-0.2, -0.15) is 5.10 Å². The quantitative estimate of drug-likeness (QED) is 0.891. The molecule has 0 bridgehead atoms. The summed E-state index contributed by atoms with van der Waals surface area (Å²) in [6.07, 6.45) is 2.17. The van der Waals surface area contributed by atoms with Crippen molar-refractivity contribution in [3.8, 4) is 0 Å². The van der Waals surface area contributed by atoms with E-state index in [1.807, 2.05) is 24.0 Å². The molecule has 1 unspecified atom stereocenters. The predicted molar refractivity (Wildman–Crippen MR) is 88.5 cm³/mol. The number of carbonyl (C=O) groups is 2. The van der Waals surface area contributed by atoms with Crippen molar-refractivity contribution in [2.24, 2.45) is 0 Å². The number of likely N-dealkylation sites (tertiary alicyclic amines) is 1. The summed E-state index contributed by atoms with van der Waals surface area (Å²) in [5, 5.41) is 9.65. The van der Waals surface area contributed by atoms with Gasteiger partial charge in [0.05, 0.1) is 6.04 Å². The van der Waals surface area contributed by atoms with Crippen molar-refractivity contribution in [1.82, 2.24) is 20.4 Å². The van der Waals surface area contributed by atoms with E-state index < -0.39 is 0 Å². The molecule has 2 aromatic rings. The Morgan fingerprint density at radius 1 is 1.25 bits per heavy atom. The summed E-state index contributed by atoms with van der Waals surface area (Å²) in [5.74, 6) is -0.106. The van der Waals surface area contributed by atoms with E-state index in [0.717, 1.165) is 18.5 Å². The summed E-state index contributed by atoms with van der Waals surface area (Å²) < 4.78 is 0. The van der Waals surface area contributed by atoms with Crippen molar-refractivity contribution in [3.05, 3.63) is 52.8 Å². The number of H-pyrrole nitrogens is 1. The zero-order valence-electron chi connectivity index (χ0n) is 13.6. The monoisotopic (exact) mass is 324 g/mol. The van der Waals surface area contributed by atoms with Gasteiger partial charge in [-0.3, -0.25) is 14.7 Å². The molecule has 1 aromatic carbocycles. The minimum absolute atomic E-state index is 0.122. The maximum atomic E-state index is 12.4.